The fraction of sp³-hybridized carbons (Fsp3) is 0.833. The number of unbranched alkanes of at least 4 members (excludes halogenated alkanes) is 2. The number of hydrogen-bond acceptors (Lipinski definition) is 9. The molecule has 38 heavy (non-hydrogen) atoms. The molecule has 0 bridgehead atoms. The van der Waals surface area contributed by atoms with Gasteiger partial charge in [0.2, 0.25) is 11.8 Å². The average molecular weight is 565 g/mol. The highest BCUT2D eigenvalue weighted by Gasteiger charge is 2.39. The number of carbonyl (C=O) groups is 4. The van der Waals surface area contributed by atoms with E-state index in [2.05, 4.69) is 17.6 Å². The third kappa shape index (κ3) is 18.2. The molecule has 13 nitrogen and oxygen atoms in total. The van der Waals surface area contributed by atoms with Gasteiger partial charge in [0.05, 0.1) is 26.2 Å². The van der Waals surface area contributed by atoms with Crippen molar-refractivity contribution in [2.24, 2.45) is 0 Å². The topological polar surface area (TPSA) is 167 Å². The van der Waals surface area contributed by atoms with Crippen LogP contribution in [0.5, 0.6) is 0 Å². The molecule has 2 amide bonds. The lowest BCUT2D eigenvalue weighted by molar-refractivity contribution is -0.141. The molecule has 14 heteroatoms. The molecule has 0 aliphatic carbocycles. The number of carboxylic acid groups (broad SMARTS) is 2. The lowest BCUT2D eigenvalue weighted by Crippen LogP contribution is -2.47. The van der Waals surface area contributed by atoms with E-state index in [1.165, 1.54) is 9.80 Å². The third-order valence-electron chi connectivity index (χ3n) is 5.36. The summed E-state index contributed by atoms with van der Waals surface area (Å²) in [4.78, 5) is 50.1. The van der Waals surface area contributed by atoms with Gasteiger partial charge in [-0.2, -0.15) is 0 Å². The molecular formula is C24H48N4O9Si. The predicted molar refractivity (Wildman–Crippen MR) is 144 cm³/mol. The first-order chi connectivity index (χ1) is 18.1. The zero-order valence-electron chi connectivity index (χ0n) is 23.5. The van der Waals surface area contributed by atoms with Crippen molar-refractivity contribution >= 4 is 32.6 Å². The predicted octanol–water partition coefficient (Wildman–Crippen LogP) is 0.621. The minimum atomic E-state index is -2.81. The Morgan fingerprint density at radius 1 is 0.658 bits per heavy atom. The van der Waals surface area contributed by atoms with E-state index in [0.717, 1.165) is 19.3 Å². The van der Waals surface area contributed by atoms with Gasteiger partial charge in [0, 0.05) is 52.0 Å². The van der Waals surface area contributed by atoms with Crippen molar-refractivity contribution in [3.05, 3.63) is 0 Å². The maximum Gasteiger partial charge on any atom is 0.500 e. The molecular weight excluding hydrogens is 516 g/mol. The van der Waals surface area contributed by atoms with Crippen molar-refractivity contribution in [3.8, 4) is 0 Å². The Hall–Kier alpha value is -2.10. The van der Waals surface area contributed by atoms with Crippen LogP contribution in [0.25, 0.3) is 0 Å². The van der Waals surface area contributed by atoms with Gasteiger partial charge in [0.15, 0.2) is 0 Å². The highest BCUT2D eigenvalue weighted by molar-refractivity contribution is 6.60. The van der Waals surface area contributed by atoms with Gasteiger partial charge < -0.3 is 34.1 Å². The van der Waals surface area contributed by atoms with Crippen molar-refractivity contribution in [3.63, 3.8) is 0 Å². The number of rotatable bonds is 25. The summed E-state index contributed by atoms with van der Waals surface area (Å²) in [6.45, 7) is 9.04. The van der Waals surface area contributed by atoms with Gasteiger partial charge in [-0.05, 0) is 33.6 Å². The Balaban J connectivity index is 4.84. The maximum atomic E-state index is 12.5. The summed E-state index contributed by atoms with van der Waals surface area (Å²) in [7, 11) is -2.81. The summed E-state index contributed by atoms with van der Waals surface area (Å²) in [6.07, 6.45) is 3.41. The monoisotopic (exact) mass is 564 g/mol. The van der Waals surface area contributed by atoms with Gasteiger partial charge in [0.1, 0.15) is 0 Å². The molecule has 0 heterocycles. The molecule has 0 aliphatic rings. The Morgan fingerprint density at radius 3 is 1.45 bits per heavy atom. The number of hydrogen-bond donors (Lipinski definition) is 4. The smallest absolute Gasteiger partial charge is 0.480 e. The molecule has 0 aliphatic heterocycles. The molecule has 0 aromatic rings. The minimum absolute atomic E-state index is 0.102. The molecule has 0 aromatic heterocycles. The van der Waals surface area contributed by atoms with Crippen molar-refractivity contribution in [2.75, 3.05) is 72.2 Å². The number of carbonyl (C=O) groups excluding carboxylic acids is 2. The zero-order chi connectivity index (χ0) is 28.8. The summed E-state index contributed by atoms with van der Waals surface area (Å²) in [6, 6.07) is 0.534. The number of amides is 2. The van der Waals surface area contributed by atoms with E-state index in [1.54, 1.807) is 0 Å². The normalized spacial score (nSPS) is 11.6. The van der Waals surface area contributed by atoms with E-state index in [4.69, 9.17) is 13.3 Å². The first-order valence-corrected chi connectivity index (χ1v) is 15.4. The van der Waals surface area contributed by atoms with E-state index in [-0.39, 0.29) is 44.5 Å². The first kappa shape index (κ1) is 35.9. The molecule has 0 unspecified atom stereocenters. The Morgan fingerprint density at radius 2 is 1.08 bits per heavy atom. The average Bonchev–Trinajstić information content (AvgIpc) is 2.83. The maximum absolute atomic E-state index is 12.5. The molecule has 0 saturated heterocycles. The highest BCUT2D eigenvalue weighted by atomic mass is 28.4. The highest BCUT2D eigenvalue weighted by Crippen LogP contribution is 2.17. The standard InChI is InChI=1S/C24H48N4O9Si/c1-5-9-10-12-25-21(29)17-27(19-23(31)32)14-15-28(20-24(33)34)18-22(30)26-13-11-16-38(35-6-2,36-7-3)37-8-4/h5-20H2,1-4H3,(H,25,29)(H,26,30)(H,31,32)(H,33,34). The summed E-state index contributed by atoms with van der Waals surface area (Å²) < 4.78 is 17.4. The lowest BCUT2D eigenvalue weighted by atomic mass is 10.2. The van der Waals surface area contributed by atoms with Crippen molar-refractivity contribution in [1.29, 1.82) is 0 Å². The summed E-state index contributed by atoms with van der Waals surface area (Å²) in [5.41, 5.74) is 0. The van der Waals surface area contributed by atoms with E-state index in [0.29, 0.717) is 45.4 Å². The fourth-order valence-electron chi connectivity index (χ4n) is 3.75. The van der Waals surface area contributed by atoms with Gasteiger partial charge in [0.25, 0.3) is 0 Å². The van der Waals surface area contributed by atoms with E-state index < -0.39 is 27.3 Å². The second-order valence-electron chi connectivity index (χ2n) is 8.70. The van der Waals surface area contributed by atoms with Gasteiger partial charge in [-0.3, -0.25) is 29.0 Å². The van der Waals surface area contributed by atoms with Gasteiger partial charge in [-0.25, -0.2) is 0 Å². The molecule has 0 atom stereocenters. The first-order valence-electron chi connectivity index (χ1n) is 13.4. The molecule has 0 rings (SSSR count). The van der Waals surface area contributed by atoms with E-state index >= 15 is 0 Å². The molecule has 0 spiro atoms. The quantitative estimate of drug-likeness (QED) is 0.0906. The molecule has 222 valence electrons. The van der Waals surface area contributed by atoms with Crippen LogP contribution in [0.3, 0.4) is 0 Å². The van der Waals surface area contributed by atoms with Crippen molar-refractivity contribution in [2.45, 2.75) is 59.4 Å². The van der Waals surface area contributed by atoms with Crippen LogP contribution in [0.15, 0.2) is 0 Å². The van der Waals surface area contributed by atoms with Crippen LogP contribution in [0.4, 0.5) is 0 Å². The summed E-state index contributed by atoms with van der Waals surface area (Å²) in [5, 5.41) is 24.0. The van der Waals surface area contributed by atoms with Crippen LogP contribution >= 0.6 is 0 Å². The van der Waals surface area contributed by atoms with Crippen LogP contribution in [0.1, 0.15) is 53.4 Å². The molecule has 0 saturated carbocycles. The molecule has 0 radical (unpaired) electrons. The molecule has 0 fully saturated rings. The summed E-state index contributed by atoms with van der Waals surface area (Å²) >= 11 is 0. The van der Waals surface area contributed by atoms with Crippen LogP contribution < -0.4 is 10.6 Å². The zero-order valence-corrected chi connectivity index (χ0v) is 24.5. The SMILES string of the molecule is CCCCCNC(=O)CN(CCN(CC(=O)O)CC(=O)NCCC[Si](OCC)(OCC)OCC)CC(=O)O. The van der Waals surface area contributed by atoms with E-state index in [9.17, 15) is 29.4 Å². The van der Waals surface area contributed by atoms with Crippen LogP contribution in [-0.2, 0) is 32.5 Å². The largest absolute Gasteiger partial charge is 0.500 e. The molecule has 0 aromatic carbocycles. The molecule has 4 N–H and O–H groups in total. The Bertz CT molecular complexity index is 683. The second-order valence-corrected chi connectivity index (χ2v) is 11.4. The Labute approximate surface area is 227 Å². The second kappa shape index (κ2) is 21.8. The Kier molecular flexibility index (Phi) is 20.6. The number of aliphatic carboxylic acids is 2. The lowest BCUT2D eigenvalue weighted by Gasteiger charge is -2.28. The third-order valence-corrected chi connectivity index (χ3v) is 8.51. The number of carboxylic acids is 2. The van der Waals surface area contributed by atoms with Gasteiger partial charge in [-0.15, -0.1) is 0 Å². The fourth-order valence-corrected chi connectivity index (χ4v) is 6.36. The van der Waals surface area contributed by atoms with Gasteiger partial charge in [-0.1, -0.05) is 19.8 Å². The minimum Gasteiger partial charge on any atom is -0.480 e. The summed E-state index contributed by atoms with van der Waals surface area (Å²) in [5.74, 6) is -2.87. The van der Waals surface area contributed by atoms with Crippen LogP contribution in [0, 0.1) is 0 Å². The van der Waals surface area contributed by atoms with Crippen LogP contribution in [-0.4, -0.2) is 125 Å². The van der Waals surface area contributed by atoms with Crippen molar-refractivity contribution < 1.29 is 42.7 Å². The van der Waals surface area contributed by atoms with E-state index in [1.807, 2.05) is 20.8 Å². The number of nitrogens with one attached hydrogen (secondary N) is 2. The number of nitrogens with zero attached hydrogens (tertiary/aromatic N) is 2. The van der Waals surface area contributed by atoms with Crippen molar-refractivity contribution in [1.82, 2.24) is 20.4 Å². The van der Waals surface area contributed by atoms with Crippen LogP contribution in [0.2, 0.25) is 6.04 Å². The van der Waals surface area contributed by atoms with Gasteiger partial charge >= 0.3 is 20.7 Å².